The first-order chi connectivity index (χ1) is 13.5. The number of nitrogens with zero attached hydrogens (tertiary/aromatic N) is 1. The monoisotopic (exact) mass is 438 g/mol. The molecule has 0 bridgehead atoms. The summed E-state index contributed by atoms with van der Waals surface area (Å²) in [6.45, 7) is 10.4. The lowest BCUT2D eigenvalue weighted by molar-refractivity contribution is 0.240. The van der Waals surface area contributed by atoms with Crippen LogP contribution in [-0.2, 0) is 34.3 Å². The number of aromatic nitrogens is 1. The predicted octanol–water partition coefficient (Wildman–Crippen LogP) is 3.27. The average Bonchev–Trinajstić information content (AvgIpc) is 3.07. The molecule has 0 saturated carbocycles. The van der Waals surface area contributed by atoms with Crippen LogP contribution in [0.3, 0.4) is 0 Å². The van der Waals surface area contributed by atoms with E-state index in [9.17, 15) is 13.2 Å². The largest absolute Gasteiger partial charge is 0.334 e. The van der Waals surface area contributed by atoms with E-state index in [2.05, 4.69) is 41.1 Å². The summed E-state index contributed by atoms with van der Waals surface area (Å²) in [7, 11) is -3.44. The molecule has 2 aromatic rings. The minimum Gasteiger partial charge on any atom is -0.334 e. The molecule has 160 valence electrons. The highest BCUT2D eigenvalue weighted by atomic mass is 32.2. The second kappa shape index (κ2) is 9.69. The van der Waals surface area contributed by atoms with Crippen LogP contribution in [-0.4, -0.2) is 25.5 Å². The van der Waals surface area contributed by atoms with Gasteiger partial charge in [0.15, 0.2) is 0 Å². The molecule has 0 atom stereocenters. The first kappa shape index (κ1) is 23.3. The molecule has 0 aliphatic carbocycles. The number of hydrogen-bond donors (Lipinski definition) is 3. The molecule has 0 spiro atoms. The third-order valence-corrected chi connectivity index (χ3v) is 6.78. The molecule has 0 fully saturated rings. The van der Waals surface area contributed by atoms with E-state index >= 15 is 0 Å². The van der Waals surface area contributed by atoms with Gasteiger partial charge in [-0.3, -0.25) is 0 Å². The number of amides is 2. The highest BCUT2D eigenvalue weighted by Gasteiger charge is 2.18. The van der Waals surface area contributed by atoms with Crippen molar-refractivity contribution in [1.29, 1.82) is 0 Å². The SMILES string of the molecule is CC(C)NS(=O)(=O)Cc1ccccc1CNC(=O)NCc1csc(C(C)(C)C)n1. The Bertz CT molecular complexity index is 931. The number of sulfonamides is 1. The fraction of sp³-hybridized carbons (Fsp3) is 0.500. The smallest absolute Gasteiger partial charge is 0.315 e. The zero-order valence-electron chi connectivity index (χ0n) is 17.6. The van der Waals surface area contributed by atoms with Gasteiger partial charge in [0, 0.05) is 23.4 Å². The number of nitrogens with one attached hydrogen (secondary N) is 3. The van der Waals surface area contributed by atoms with Crippen LogP contribution >= 0.6 is 11.3 Å². The molecule has 0 saturated heterocycles. The van der Waals surface area contributed by atoms with Gasteiger partial charge in [0.05, 0.1) is 23.0 Å². The summed E-state index contributed by atoms with van der Waals surface area (Å²) in [6, 6.07) is 6.70. The molecule has 2 rings (SSSR count). The predicted molar refractivity (Wildman–Crippen MR) is 117 cm³/mol. The van der Waals surface area contributed by atoms with Crippen molar-refractivity contribution in [2.75, 3.05) is 0 Å². The Morgan fingerprint density at radius 1 is 1.10 bits per heavy atom. The second-order valence-corrected chi connectivity index (χ2v) is 10.8. The van der Waals surface area contributed by atoms with Crippen molar-refractivity contribution < 1.29 is 13.2 Å². The normalized spacial score (nSPS) is 12.2. The van der Waals surface area contributed by atoms with Crippen molar-refractivity contribution >= 4 is 27.4 Å². The van der Waals surface area contributed by atoms with Gasteiger partial charge in [-0.15, -0.1) is 11.3 Å². The molecule has 0 aliphatic rings. The molecule has 29 heavy (non-hydrogen) atoms. The molecule has 0 radical (unpaired) electrons. The van der Waals surface area contributed by atoms with E-state index < -0.39 is 10.0 Å². The molecular weight excluding hydrogens is 408 g/mol. The Labute approximate surface area is 177 Å². The molecule has 1 aromatic carbocycles. The van der Waals surface area contributed by atoms with Crippen molar-refractivity contribution in [3.63, 3.8) is 0 Å². The van der Waals surface area contributed by atoms with E-state index in [1.165, 1.54) is 0 Å². The van der Waals surface area contributed by atoms with Gasteiger partial charge in [-0.2, -0.15) is 0 Å². The summed E-state index contributed by atoms with van der Waals surface area (Å²) in [4.78, 5) is 16.7. The van der Waals surface area contributed by atoms with Gasteiger partial charge < -0.3 is 10.6 Å². The fourth-order valence-corrected chi connectivity index (χ4v) is 5.02. The quantitative estimate of drug-likeness (QED) is 0.589. The Balaban J connectivity index is 1.91. The topological polar surface area (TPSA) is 100 Å². The highest BCUT2D eigenvalue weighted by Crippen LogP contribution is 2.25. The van der Waals surface area contributed by atoms with Gasteiger partial charge in [0.2, 0.25) is 10.0 Å². The summed E-state index contributed by atoms with van der Waals surface area (Å²) in [5, 5.41) is 8.55. The zero-order chi connectivity index (χ0) is 21.7. The number of thiazole rings is 1. The van der Waals surface area contributed by atoms with E-state index in [0.717, 1.165) is 16.3 Å². The Morgan fingerprint density at radius 3 is 2.31 bits per heavy atom. The minimum absolute atomic E-state index is 0.0142. The van der Waals surface area contributed by atoms with Crippen molar-refractivity contribution in [3.05, 3.63) is 51.5 Å². The van der Waals surface area contributed by atoms with Gasteiger partial charge >= 0.3 is 6.03 Å². The van der Waals surface area contributed by atoms with E-state index in [1.807, 2.05) is 17.5 Å². The number of benzene rings is 1. The second-order valence-electron chi connectivity index (χ2n) is 8.23. The van der Waals surface area contributed by atoms with Crippen molar-refractivity contribution in [3.8, 4) is 0 Å². The number of carbonyl (C=O) groups is 1. The van der Waals surface area contributed by atoms with Crippen LogP contribution in [0.2, 0.25) is 0 Å². The van der Waals surface area contributed by atoms with Crippen LogP contribution in [0.15, 0.2) is 29.6 Å². The number of carbonyl (C=O) groups excluding carboxylic acids is 1. The fourth-order valence-electron chi connectivity index (χ4n) is 2.62. The van der Waals surface area contributed by atoms with E-state index in [-0.39, 0.29) is 29.8 Å². The van der Waals surface area contributed by atoms with Gasteiger partial charge in [-0.05, 0) is 25.0 Å². The van der Waals surface area contributed by atoms with Gasteiger partial charge in [0.25, 0.3) is 0 Å². The lowest BCUT2D eigenvalue weighted by atomic mass is 9.98. The average molecular weight is 439 g/mol. The van der Waals surface area contributed by atoms with Crippen LogP contribution in [0.1, 0.15) is 56.4 Å². The molecule has 2 amide bonds. The van der Waals surface area contributed by atoms with Crippen molar-refractivity contribution in [2.45, 2.75) is 64.9 Å². The molecule has 7 nitrogen and oxygen atoms in total. The van der Waals surface area contributed by atoms with Crippen LogP contribution in [0.5, 0.6) is 0 Å². The zero-order valence-corrected chi connectivity index (χ0v) is 19.2. The lowest BCUT2D eigenvalue weighted by Gasteiger charge is -2.14. The first-order valence-corrected chi connectivity index (χ1v) is 12.0. The summed E-state index contributed by atoms with van der Waals surface area (Å²) in [6.07, 6.45) is 0. The number of urea groups is 1. The van der Waals surface area contributed by atoms with E-state index in [0.29, 0.717) is 12.1 Å². The number of rotatable bonds is 8. The van der Waals surface area contributed by atoms with Crippen LogP contribution in [0.25, 0.3) is 0 Å². The maximum Gasteiger partial charge on any atom is 0.315 e. The van der Waals surface area contributed by atoms with Gasteiger partial charge in [0.1, 0.15) is 0 Å². The van der Waals surface area contributed by atoms with E-state index in [1.54, 1.807) is 37.3 Å². The lowest BCUT2D eigenvalue weighted by Crippen LogP contribution is -2.35. The highest BCUT2D eigenvalue weighted by molar-refractivity contribution is 7.88. The van der Waals surface area contributed by atoms with Gasteiger partial charge in [-0.25, -0.2) is 22.9 Å². The summed E-state index contributed by atoms with van der Waals surface area (Å²) >= 11 is 1.58. The maximum atomic E-state index is 12.2. The molecular formula is C20H30N4O3S2. The molecule has 1 aromatic heterocycles. The Kier molecular flexibility index (Phi) is 7.79. The Morgan fingerprint density at radius 2 is 1.72 bits per heavy atom. The third kappa shape index (κ3) is 7.75. The molecule has 0 aliphatic heterocycles. The summed E-state index contributed by atoms with van der Waals surface area (Å²) < 4.78 is 27.0. The van der Waals surface area contributed by atoms with E-state index in [4.69, 9.17) is 0 Å². The molecule has 9 heteroatoms. The van der Waals surface area contributed by atoms with Crippen LogP contribution in [0.4, 0.5) is 4.79 Å². The first-order valence-electron chi connectivity index (χ1n) is 9.49. The number of hydrogen-bond acceptors (Lipinski definition) is 5. The molecule has 1 heterocycles. The van der Waals surface area contributed by atoms with Crippen LogP contribution in [0, 0.1) is 0 Å². The van der Waals surface area contributed by atoms with Crippen molar-refractivity contribution in [1.82, 2.24) is 20.3 Å². The van der Waals surface area contributed by atoms with Crippen LogP contribution < -0.4 is 15.4 Å². The maximum absolute atomic E-state index is 12.2. The Hall–Kier alpha value is -1.97. The molecule has 0 unspecified atom stereocenters. The summed E-state index contributed by atoms with van der Waals surface area (Å²) in [5.74, 6) is -0.126. The van der Waals surface area contributed by atoms with Gasteiger partial charge in [-0.1, -0.05) is 45.0 Å². The standard InChI is InChI=1S/C20H30N4O3S2/c1-14(2)24-29(26,27)13-16-9-7-6-8-15(16)10-21-19(25)22-11-17-12-28-18(23-17)20(3,4)5/h6-9,12,14,24H,10-11,13H2,1-5H3,(H2,21,22,25). The molecule has 3 N–H and O–H groups in total. The minimum atomic E-state index is -3.44. The third-order valence-electron chi connectivity index (χ3n) is 3.94. The summed E-state index contributed by atoms with van der Waals surface area (Å²) in [5.41, 5.74) is 2.23. The van der Waals surface area contributed by atoms with Crippen molar-refractivity contribution in [2.24, 2.45) is 0 Å².